The van der Waals surface area contributed by atoms with Crippen LogP contribution in [-0.2, 0) is 0 Å². The molecule has 0 aliphatic heterocycles. The molecule has 0 aromatic rings. The van der Waals surface area contributed by atoms with E-state index in [2.05, 4.69) is 0 Å². The van der Waals surface area contributed by atoms with Crippen molar-refractivity contribution in [3.8, 4) is 6.07 Å². The molecule has 0 aliphatic rings. The fourth-order valence-electron chi connectivity index (χ4n) is 0. The first-order valence-corrected chi connectivity index (χ1v) is 0.724. The normalized spacial score (nSPS) is 2.00. The maximum Gasteiger partial charge on any atom is 0.316 e. The summed E-state index contributed by atoms with van der Waals surface area (Å²) < 4.78 is 0. The van der Waals surface area contributed by atoms with Crippen LogP contribution in [0, 0.1) is 11.3 Å². The molecule has 0 saturated heterocycles. The van der Waals surface area contributed by atoms with Crippen molar-refractivity contribution < 1.29 is 0 Å². The summed E-state index contributed by atoms with van der Waals surface area (Å²) in [5.41, 5.74) is 0. The summed E-state index contributed by atoms with van der Waals surface area (Å²) in [6, 6.07) is 1.75. The predicted octanol–water partition coefficient (Wildman–Crippen LogP) is -0.386. The van der Waals surface area contributed by atoms with Gasteiger partial charge in [0, 0.05) is 6.92 Å². The van der Waals surface area contributed by atoms with Gasteiger partial charge in [-0.05, 0) is 0 Å². The Balaban J connectivity index is 0. The van der Waals surface area contributed by atoms with Crippen LogP contribution in [0.3, 0.4) is 0 Å². The van der Waals surface area contributed by atoms with E-state index in [1.165, 1.54) is 6.92 Å². The Kier molecular flexibility index (Phi) is 23.3. The van der Waals surface area contributed by atoms with Crippen molar-refractivity contribution in [3.63, 3.8) is 0 Å². The second-order valence-corrected chi connectivity index (χ2v) is 0.224. The van der Waals surface area contributed by atoms with Gasteiger partial charge in [0.1, 0.15) is 0 Å². The fraction of sp³-hybridized carbons (Fsp3) is 0.500. The molecule has 0 spiro atoms. The van der Waals surface area contributed by atoms with E-state index in [0.717, 1.165) is 0 Å². The summed E-state index contributed by atoms with van der Waals surface area (Å²) in [4.78, 5) is 0. The van der Waals surface area contributed by atoms with Crippen LogP contribution in [0.2, 0.25) is 0 Å². The zero-order chi connectivity index (χ0) is 2.71. The summed E-state index contributed by atoms with van der Waals surface area (Å²) in [7, 11) is 0. The smallest absolute Gasteiger partial charge is 0.199 e. The van der Waals surface area contributed by atoms with E-state index in [1.807, 2.05) is 0 Å². The molecular formula is C2H5MgN. The van der Waals surface area contributed by atoms with Gasteiger partial charge < -0.3 is 0 Å². The van der Waals surface area contributed by atoms with Crippen LogP contribution in [-0.4, -0.2) is 23.1 Å². The Labute approximate surface area is 41.8 Å². The van der Waals surface area contributed by atoms with Crippen LogP contribution in [0.5, 0.6) is 0 Å². The maximum absolute atomic E-state index is 7.32. The highest BCUT2D eigenvalue weighted by molar-refractivity contribution is 5.75. The molecule has 0 aromatic heterocycles. The lowest BCUT2D eigenvalue weighted by Gasteiger charge is -1.15. The second-order valence-electron chi connectivity index (χ2n) is 0.224. The maximum atomic E-state index is 7.32. The van der Waals surface area contributed by atoms with Gasteiger partial charge in [-0.3, -0.25) is 0 Å². The molecule has 0 aromatic carbocycles. The lowest BCUT2D eigenvalue weighted by Crippen LogP contribution is -1.10. The molecule has 0 amide bonds. The van der Waals surface area contributed by atoms with Crippen LogP contribution >= 0.6 is 0 Å². The van der Waals surface area contributed by atoms with Gasteiger partial charge in [-0.15, -0.1) is 0 Å². The van der Waals surface area contributed by atoms with Crippen molar-refractivity contribution in [3.05, 3.63) is 0 Å². The van der Waals surface area contributed by atoms with E-state index in [0.29, 0.717) is 0 Å². The Morgan fingerprint density at radius 1 is 1.75 bits per heavy atom. The van der Waals surface area contributed by atoms with Gasteiger partial charge in [0.2, 0.25) is 0 Å². The molecule has 0 N–H and O–H groups in total. The van der Waals surface area contributed by atoms with Crippen molar-refractivity contribution in [2.75, 3.05) is 0 Å². The Bertz CT molecular complexity index is 27.5. The van der Waals surface area contributed by atoms with Crippen molar-refractivity contribution in [1.82, 2.24) is 0 Å². The average molecular weight is 67.4 g/mol. The third-order valence-corrected chi connectivity index (χ3v) is 0. The summed E-state index contributed by atoms with van der Waals surface area (Å²) in [5.74, 6) is 0. The highest BCUT2D eigenvalue weighted by Crippen LogP contribution is 1.21. The Morgan fingerprint density at radius 2 is 1.75 bits per heavy atom. The molecule has 0 fully saturated rings. The number of hydrogen-bond donors (Lipinski definition) is 0. The van der Waals surface area contributed by atoms with E-state index in [-0.39, 0.29) is 23.1 Å². The number of rotatable bonds is 0. The molecule has 0 saturated carbocycles. The van der Waals surface area contributed by atoms with E-state index < -0.39 is 0 Å². The van der Waals surface area contributed by atoms with E-state index in [9.17, 15) is 0 Å². The minimum absolute atomic E-state index is 0. The zero-order valence-corrected chi connectivity index (χ0v) is 1.95. The summed E-state index contributed by atoms with van der Waals surface area (Å²) in [6.45, 7) is 1.43. The average Bonchev–Trinajstić information content (AvgIpc) is 0.918. The molecule has 1 nitrogen and oxygen atoms in total. The SMILES string of the molecule is CC#N.[MgH2]. The molecule has 20 valence electrons. The van der Waals surface area contributed by atoms with Gasteiger partial charge in [0.25, 0.3) is 0 Å². The van der Waals surface area contributed by atoms with Crippen molar-refractivity contribution >= 4 is 23.1 Å². The fourth-order valence-corrected chi connectivity index (χ4v) is 0. The molecule has 0 bridgehead atoms. The van der Waals surface area contributed by atoms with Crippen LogP contribution in [0.1, 0.15) is 6.92 Å². The topological polar surface area (TPSA) is 23.8 Å². The van der Waals surface area contributed by atoms with E-state index in [1.54, 1.807) is 6.07 Å². The summed E-state index contributed by atoms with van der Waals surface area (Å²) >= 11 is 0. The first kappa shape index (κ1) is 8.87. The lowest BCUT2D eigenvalue weighted by molar-refractivity contribution is 1.49. The first-order chi connectivity index (χ1) is 1.41. The van der Waals surface area contributed by atoms with E-state index >= 15 is 0 Å². The van der Waals surface area contributed by atoms with Gasteiger partial charge in [-0.25, -0.2) is 0 Å². The number of nitriles is 1. The third-order valence-electron chi connectivity index (χ3n) is 0. The van der Waals surface area contributed by atoms with Crippen LogP contribution in [0.25, 0.3) is 0 Å². The lowest BCUT2D eigenvalue weighted by atomic mass is 11.0. The molecule has 0 radical (unpaired) electrons. The van der Waals surface area contributed by atoms with Gasteiger partial charge in [0.15, 0.2) is 0 Å². The van der Waals surface area contributed by atoms with Gasteiger partial charge in [-0.2, -0.15) is 5.26 Å². The zero-order valence-electron chi connectivity index (χ0n) is 1.95. The van der Waals surface area contributed by atoms with Gasteiger partial charge >= 0.3 is 23.1 Å². The standard InChI is InChI=1S/C2H3N.Mg.2H/c1-2-3;;;/h1H3;;;. The molecule has 0 atom stereocenters. The molecular weight excluding hydrogens is 62.3 g/mol. The molecule has 2 heteroatoms. The minimum Gasteiger partial charge on any atom is -0.199 e. The molecule has 0 rings (SSSR count). The quantitative estimate of drug-likeness (QED) is 0.354. The van der Waals surface area contributed by atoms with Crippen molar-refractivity contribution in [1.29, 1.82) is 5.26 Å². The predicted molar refractivity (Wildman–Crippen MR) is 19.8 cm³/mol. The highest BCUT2D eigenvalue weighted by atomic mass is 24.3. The van der Waals surface area contributed by atoms with Gasteiger partial charge in [-0.1, -0.05) is 0 Å². The Morgan fingerprint density at radius 3 is 1.75 bits per heavy atom. The van der Waals surface area contributed by atoms with Crippen LogP contribution < -0.4 is 0 Å². The second kappa shape index (κ2) is 10.5. The van der Waals surface area contributed by atoms with E-state index in [4.69, 9.17) is 5.26 Å². The third kappa shape index (κ3) is 54.2. The minimum atomic E-state index is 0. The van der Waals surface area contributed by atoms with Crippen LogP contribution in [0.4, 0.5) is 0 Å². The highest BCUT2D eigenvalue weighted by Gasteiger charge is 1.17. The number of nitrogens with zero attached hydrogens (tertiary/aromatic N) is 1. The van der Waals surface area contributed by atoms with Crippen LogP contribution in [0.15, 0.2) is 0 Å². The number of hydrogen-bond acceptors (Lipinski definition) is 1. The first-order valence-electron chi connectivity index (χ1n) is 0.724. The summed E-state index contributed by atoms with van der Waals surface area (Å²) in [5, 5.41) is 7.32. The van der Waals surface area contributed by atoms with Gasteiger partial charge in [0.05, 0.1) is 6.07 Å². The monoisotopic (exact) mass is 67.0 g/mol. The molecule has 0 aliphatic carbocycles. The molecule has 0 heterocycles. The van der Waals surface area contributed by atoms with Crippen molar-refractivity contribution in [2.45, 2.75) is 6.92 Å². The largest absolute Gasteiger partial charge is 0.316 e. The Hall–Kier alpha value is 0.256. The molecule has 4 heavy (non-hydrogen) atoms. The van der Waals surface area contributed by atoms with Crippen molar-refractivity contribution in [2.24, 2.45) is 0 Å². The molecule has 0 unspecified atom stereocenters. The summed E-state index contributed by atoms with van der Waals surface area (Å²) in [6.07, 6.45) is 0.